The van der Waals surface area contributed by atoms with Gasteiger partial charge in [-0.2, -0.15) is 22.7 Å². The number of hydrogen-bond acceptors (Lipinski definition) is 8. The summed E-state index contributed by atoms with van der Waals surface area (Å²) in [7, 11) is -4.12. The van der Waals surface area contributed by atoms with E-state index in [0.29, 0.717) is 34.6 Å². The predicted molar refractivity (Wildman–Crippen MR) is 169 cm³/mol. The van der Waals surface area contributed by atoms with Crippen molar-refractivity contribution in [2.24, 2.45) is 5.41 Å². The summed E-state index contributed by atoms with van der Waals surface area (Å²) in [5, 5.41) is 27.0. The van der Waals surface area contributed by atoms with Crippen LogP contribution in [0, 0.1) is 30.6 Å². The molecule has 11 nitrogen and oxygen atoms in total. The smallest absolute Gasteiger partial charge is 0.452 e. The molecule has 1 fully saturated rings. The third-order valence-electron chi connectivity index (χ3n) is 9.65. The maximum absolute atomic E-state index is 14.3. The molecule has 1 saturated heterocycles. The molecule has 3 aromatic heterocycles. The number of fused-ring (bicyclic) bond motifs is 4. The lowest BCUT2D eigenvalue weighted by atomic mass is 9.70. The number of carbonyl (C=O) groups is 1. The molecular formula is C33H34F3N7O4S. The minimum Gasteiger partial charge on any atom is -0.481 e. The highest BCUT2D eigenvalue weighted by molar-refractivity contribution is 7.89. The quantitative estimate of drug-likeness (QED) is 0.281. The molecule has 0 amide bonds. The number of carboxylic acids is 1. The number of aliphatic carboxylic acids is 1. The van der Waals surface area contributed by atoms with Crippen LogP contribution in [0.4, 0.5) is 19.0 Å². The van der Waals surface area contributed by atoms with Crippen LogP contribution in [0.1, 0.15) is 78.2 Å². The molecule has 2 atom stereocenters. The van der Waals surface area contributed by atoms with E-state index in [-0.39, 0.29) is 35.2 Å². The molecule has 0 unspecified atom stereocenters. The van der Waals surface area contributed by atoms with Gasteiger partial charge in [-0.25, -0.2) is 13.4 Å². The van der Waals surface area contributed by atoms with Crippen molar-refractivity contribution in [2.75, 3.05) is 18.0 Å². The first-order valence-corrected chi connectivity index (χ1v) is 16.9. The maximum atomic E-state index is 14.3. The van der Waals surface area contributed by atoms with Crippen LogP contribution in [0.15, 0.2) is 47.6 Å². The molecule has 2 aliphatic rings. The summed E-state index contributed by atoms with van der Waals surface area (Å²) >= 11 is 0. The zero-order valence-corrected chi connectivity index (χ0v) is 27.6. The van der Waals surface area contributed by atoms with Crippen LogP contribution in [-0.4, -0.2) is 62.5 Å². The number of sulfonamides is 1. The van der Waals surface area contributed by atoms with Crippen molar-refractivity contribution in [1.29, 1.82) is 5.26 Å². The number of alkyl halides is 3. The van der Waals surface area contributed by atoms with Crippen molar-refractivity contribution in [3.63, 3.8) is 0 Å². The fourth-order valence-electron chi connectivity index (χ4n) is 6.94. The molecule has 15 heteroatoms. The van der Waals surface area contributed by atoms with Crippen LogP contribution in [0.25, 0.3) is 5.65 Å². The number of hydrogen-bond donors (Lipinski definition) is 1. The Morgan fingerprint density at radius 1 is 1.15 bits per heavy atom. The summed E-state index contributed by atoms with van der Waals surface area (Å²) in [5.41, 5.74) is 1.39. The number of benzene rings is 1. The molecule has 0 radical (unpaired) electrons. The predicted octanol–water partition coefficient (Wildman–Crippen LogP) is 5.44. The van der Waals surface area contributed by atoms with Crippen LogP contribution in [0.2, 0.25) is 0 Å². The SMILES string of the molecule is Cc1ccc([C@@H](c2ccn3c(C(F)(F)F)nnc3c2C)C(C)(C)C(=O)O)cc1CN1C[C@@H]2CCCCN2c2ncc(C#N)cc2S1(=O)=O. The molecule has 4 aromatic rings. The molecule has 0 saturated carbocycles. The standard InChI is InChI=1S/C33H34F3N7O4S/c1-19-8-9-22(27(32(3,4)31(44)45)25-10-12-43-28(20(25)2)39-40-30(43)33(34,35)36)14-23(19)17-41-18-24-7-5-6-11-42(24)29-26(48(41,46)47)13-21(15-37)16-38-29/h8-10,12-14,16,24,27H,5-7,11,17-18H2,1-4H3,(H,44,45)/t24-,27-/m0/s1. The summed E-state index contributed by atoms with van der Waals surface area (Å²) in [6, 6.07) is 10.0. The lowest BCUT2D eigenvalue weighted by molar-refractivity contribution is -0.147. The summed E-state index contributed by atoms with van der Waals surface area (Å²) in [5.74, 6) is -2.84. The highest BCUT2D eigenvalue weighted by Gasteiger charge is 2.43. The number of aromatic nitrogens is 4. The van der Waals surface area contributed by atoms with Crippen molar-refractivity contribution in [1.82, 2.24) is 23.9 Å². The summed E-state index contributed by atoms with van der Waals surface area (Å²) in [6.07, 6.45) is 0.422. The van der Waals surface area contributed by atoms with Gasteiger partial charge in [-0.1, -0.05) is 18.2 Å². The van der Waals surface area contributed by atoms with Crippen molar-refractivity contribution in [3.8, 4) is 6.07 Å². The minimum atomic E-state index is -4.74. The normalized spacial score (nSPS) is 18.9. The second kappa shape index (κ2) is 11.9. The van der Waals surface area contributed by atoms with Crippen molar-refractivity contribution in [3.05, 3.63) is 81.9 Å². The van der Waals surface area contributed by atoms with Crippen LogP contribution in [0.5, 0.6) is 0 Å². The Kier molecular flexibility index (Phi) is 8.23. The van der Waals surface area contributed by atoms with Gasteiger partial charge in [-0.3, -0.25) is 9.20 Å². The van der Waals surface area contributed by atoms with Crippen molar-refractivity contribution in [2.45, 2.75) is 76.5 Å². The average molecular weight is 682 g/mol. The van der Waals surface area contributed by atoms with Gasteiger partial charge in [-0.05, 0) is 86.9 Å². The van der Waals surface area contributed by atoms with Gasteiger partial charge in [-0.15, -0.1) is 10.2 Å². The number of rotatable bonds is 6. The van der Waals surface area contributed by atoms with E-state index in [1.807, 2.05) is 17.9 Å². The molecule has 48 heavy (non-hydrogen) atoms. The number of carboxylic acid groups (broad SMARTS) is 1. The Hall–Kier alpha value is -4.55. The Balaban J connectivity index is 1.46. The van der Waals surface area contributed by atoms with Crippen molar-refractivity contribution < 1.29 is 31.5 Å². The number of nitrogens with zero attached hydrogens (tertiary/aromatic N) is 7. The highest BCUT2D eigenvalue weighted by Crippen LogP contribution is 2.44. The van der Waals surface area contributed by atoms with Gasteiger partial charge in [0.05, 0.1) is 11.0 Å². The Bertz CT molecular complexity index is 2090. The summed E-state index contributed by atoms with van der Waals surface area (Å²) in [6.45, 7) is 7.31. The van der Waals surface area contributed by atoms with Gasteiger partial charge in [0.25, 0.3) is 0 Å². The lowest BCUT2D eigenvalue weighted by Crippen LogP contribution is -2.45. The molecule has 0 bridgehead atoms. The largest absolute Gasteiger partial charge is 0.481 e. The fraction of sp³-hybridized carbons (Fsp3) is 0.424. The highest BCUT2D eigenvalue weighted by atomic mass is 32.2. The summed E-state index contributed by atoms with van der Waals surface area (Å²) in [4.78, 5) is 19.1. The third kappa shape index (κ3) is 5.56. The molecule has 1 N–H and O–H groups in total. The molecule has 5 heterocycles. The zero-order valence-electron chi connectivity index (χ0n) is 26.8. The topological polar surface area (TPSA) is 145 Å². The van der Waals surface area contributed by atoms with E-state index >= 15 is 0 Å². The second-order valence-electron chi connectivity index (χ2n) is 13.1. The van der Waals surface area contributed by atoms with E-state index in [1.165, 1.54) is 28.8 Å². The van der Waals surface area contributed by atoms with E-state index in [9.17, 15) is 36.8 Å². The van der Waals surface area contributed by atoms with Gasteiger partial charge in [0, 0.05) is 44.0 Å². The zero-order chi connectivity index (χ0) is 34.8. The average Bonchev–Trinajstić information content (AvgIpc) is 3.46. The fourth-order valence-corrected chi connectivity index (χ4v) is 8.57. The van der Waals surface area contributed by atoms with Crippen LogP contribution in [-0.2, 0) is 27.5 Å². The van der Waals surface area contributed by atoms with E-state index in [1.54, 1.807) is 39.0 Å². The Labute approximate surface area is 275 Å². The number of anilines is 1. The Morgan fingerprint density at radius 2 is 1.90 bits per heavy atom. The second-order valence-corrected chi connectivity index (χ2v) is 15.0. The van der Waals surface area contributed by atoms with Gasteiger partial charge in [0.2, 0.25) is 15.8 Å². The maximum Gasteiger partial charge on any atom is 0.452 e. The van der Waals surface area contributed by atoms with Crippen LogP contribution in [0.3, 0.4) is 0 Å². The molecule has 2 aliphatic heterocycles. The molecule has 0 spiro atoms. The Morgan fingerprint density at radius 3 is 2.58 bits per heavy atom. The monoisotopic (exact) mass is 681 g/mol. The lowest BCUT2D eigenvalue weighted by Gasteiger charge is -2.36. The van der Waals surface area contributed by atoms with Crippen LogP contribution < -0.4 is 4.90 Å². The minimum absolute atomic E-state index is 0.0277. The van der Waals surface area contributed by atoms with Gasteiger partial charge < -0.3 is 10.0 Å². The molecule has 6 rings (SSSR count). The number of pyridine rings is 2. The third-order valence-corrected chi connectivity index (χ3v) is 11.5. The van der Waals surface area contributed by atoms with Gasteiger partial charge >= 0.3 is 12.1 Å². The van der Waals surface area contributed by atoms with Crippen LogP contribution >= 0.6 is 0 Å². The first-order chi connectivity index (χ1) is 22.5. The number of piperidine rings is 1. The van der Waals surface area contributed by atoms with E-state index in [4.69, 9.17) is 0 Å². The summed E-state index contributed by atoms with van der Waals surface area (Å²) < 4.78 is 71.6. The van der Waals surface area contributed by atoms with Gasteiger partial charge in [0.1, 0.15) is 16.8 Å². The molecule has 0 aliphatic carbocycles. The van der Waals surface area contributed by atoms with E-state index in [0.717, 1.165) is 29.2 Å². The van der Waals surface area contributed by atoms with E-state index in [2.05, 4.69) is 15.2 Å². The number of nitriles is 1. The number of aryl methyl sites for hydroxylation is 2. The van der Waals surface area contributed by atoms with Gasteiger partial charge in [0.15, 0.2) is 5.65 Å². The first-order valence-electron chi connectivity index (χ1n) is 15.5. The molecular weight excluding hydrogens is 647 g/mol. The number of halogens is 3. The molecule has 252 valence electrons. The van der Waals surface area contributed by atoms with E-state index < -0.39 is 39.3 Å². The molecule has 1 aromatic carbocycles. The first kappa shape index (κ1) is 33.4. The van der Waals surface area contributed by atoms with Crippen molar-refractivity contribution >= 4 is 27.5 Å².